The summed E-state index contributed by atoms with van der Waals surface area (Å²) in [5.74, 6) is 0.791. The molecule has 1 aliphatic rings. The molecule has 5 nitrogen and oxygen atoms in total. The van der Waals surface area contributed by atoms with E-state index in [9.17, 15) is 0 Å². The fraction of sp³-hybridized carbons (Fsp3) is 0.0204. The number of hydrogen-bond acceptors (Lipinski definition) is 6. The van der Waals surface area contributed by atoms with Crippen LogP contribution in [0.25, 0.3) is 75.2 Å². The van der Waals surface area contributed by atoms with Crippen LogP contribution in [0.15, 0.2) is 179 Å². The number of nitrogens with zero attached hydrogens (tertiary/aromatic N) is 1. The summed E-state index contributed by atoms with van der Waals surface area (Å²) >= 11 is 1.81. The van der Waals surface area contributed by atoms with E-state index >= 15 is 0 Å². The maximum absolute atomic E-state index is 6.98. The van der Waals surface area contributed by atoms with Crippen LogP contribution < -0.4 is 15.0 Å². The van der Waals surface area contributed by atoms with E-state index in [1.165, 1.54) is 25.7 Å². The quantitative estimate of drug-likeness (QED) is 0.191. The Labute approximate surface area is 319 Å². The number of nitrogens with one attached hydrogen (secondary N) is 1. The van der Waals surface area contributed by atoms with Crippen molar-refractivity contribution in [2.75, 3.05) is 10.2 Å². The lowest BCUT2D eigenvalue weighted by molar-refractivity contribution is 0.264. The summed E-state index contributed by atoms with van der Waals surface area (Å²) in [5, 5.41) is 10.4. The normalized spacial score (nSPS) is 13.9. The number of thiophene rings is 1. The first-order chi connectivity index (χ1) is 27.2. The van der Waals surface area contributed by atoms with Crippen molar-refractivity contribution in [3.63, 3.8) is 0 Å². The number of hydrogen-bond donors (Lipinski definition) is 1. The van der Waals surface area contributed by atoms with Gasteiger partial charge in [0.25, 0.3) is 0 Å². The van der Waals surface area contributed by atoms with Crippen molar-refractivity contribution in [1.29, 1.82) is 0 Å². The highest BCUT2D eigenvalue weighted by atomic mass is 32.1. The van der Waals surface area contributed by atoms with Gasteiger partial charge in [-0.3, -0.25) is 0 Å². The molecule has 0 fully saturated rings. The van der Waals surface area contributed by atoms with E-state index in [0.717, 1.165) is 83.5 Å². The van der Waals surface area contributed by atoms with Gasteiger partial charge in [0.05, 0.1) is 22.4 Å². The second-order valence-corrected chi connectivity index (χ2v) is 15.1. The molecule has 260 valence electrons. The van der Waals surface area contributed by atoms with Crippen molar-refractivity contribution in [2.45, 2.75) is 6.23 Å². The summed E-state index contributed by atoms with van der Waals surface area (Å²) in [4.78, 5) is 2.27. The first kappa shape index (κ1) is 30.4. The Balaban J connectivity index is 1.07. The Hall–Kier alpha value is -7.02. The van der Waals surface area contributed by atoms with Crippen molar-refractivity contribution < 1.29 is 13.6 Å². The minimum atomic E-state index is -0.385. The Morgan fingerprint density at radius 2 is 1.18 bits per heavy atom. The van der Waals surface area contributed by atoms with Gasteiger partial charge in [-0.25, -0.2) is 0 Å². The molecule has 0 aliphatic carbocycles. The van der Waals surface area contributed by atoms with Gasteiger partial charge in [0.15, 0.2) is 17.6 Å². The standard InChI is InChI=1S/C49H30N2O3S/c1-2-11-29(12-3-1)30-21-23-31(24-22-30)51(32-25-26-34-33-13-4-7-18-41(33)52-43(34)27-32)40-28-39-46(45-37-15-5-8-19-42(37)53-47(40)45)54-49(50-39)38-17-10-16-36-35-14-6-9-20-44(35)55-48(36)38/h1-28,49-50H. The monoisotopic (exact) mass is 726 g/mol. The number of fused-ring (bicyclic) bond motifs is 11. The van der Waals surface area contributed by atoms with Crippen LogP contribution in [0.4, 0.5) is 22.7 Å². The molecule has 12 rings (SSSR count). The molecule has 11 aromatic rings. The molecule has 0 saturated carbocycles. The minimum absolute atomic E-state index is 0.385. The Morgan fingerprint density at radius 3 is 2.04 bits per heavy atom. The molecule has 1 N–H and O–H groups in total. The van der Waals surface area contributed by atoms with Crippen molar-refractivity contribution in [3.8, 4) is 16.9 Å². The van der Waals surface area contributed by atoms with Gasteiger partial charge in [-0.1, -0.05) is 115 Å². The smallest absolute Gasteiger partial charge is 0.198 e. The lowest BCUT2D eigenvalue weighted by atomic mass is 10.0. The summed E-state index contributed by atoms with van der Waals surface area (Å²) in [6, 6.07) is 59.4. The maximum atomic E-state index is 6.98. The number of para-hydroxylation sites is 2. The number of anilines is 4. The Bertz CT molecular complexity index is 3290. The van der Waals surface area contributed by atoms with Crippen LogP contribution in [0.5, 0.6) is 5.75 Å². The highest BCUT2D eigenvalue weighted by Gasteiger charge is 2.33. The van der Waals surface area contributed by atoms with E-state index in [2.05, 4.69) is 150 Å². The summed E-state index contributed by atoms with van der Waals surface area (Å²) in [5.41, 5.74) is 10.4. The van der Waals surface area contributed by atoms with Crippen molar-refractivity contribution >= 4 is 98.1 Å². The SMILES string of the molecule is c1ccc(-c2ccc(N(c3ccc4c(c3)oc3ccccc34)c3cc4c(c5c3oc3ccccc35)OC(c3cccc5c3sc3ccccc35)N4)cc2)cc1. The minimum Gasteiger partial charge on any atom is -0.463 e. The van der Waals surface area contributed by atoms with Gasteiger partial charge in [0.1, 0.15) is 16.7 Å². The second kappa shape index (κ2) is 11.7. The van der Waals surface area contributed by atoms with Crippen molar-refractivity contribution in [3.05, 3.63) is 175 Å². The average Bonchev–Trinajstić information content (AvgIpc) is 4.02. The fourth-order valence-corrected chi connectivity index (χ4v) is 9.60. The van der Waals surface area contributed by atoms with Gasteiger partial charge in [-0.2, -0.15) is 0 Å². The topological polar surface area (TPSA) is 50.8 Å². The number of benzene rings is 8. The molecule has 8 aromatic carbocycles. The molecular formula is C49H30N2O3S. The van der Waals surface area contributed by atoms with Crippen LogP contribution >= 0.6 is 11.3 Å². The van der Waals surface area contributed by atoms with Crippen LogP contribution in [-0.4, -0.2) is 0 Å². The van der Waals surface area contributed by atoms with Gasteiger partial charge >= 0.3 is 0 Å². The lowest BCUT2D eigenvalue weighted by Gasteiger charge is -2.26. The molecule has 0 bridgehead atoms. The first-order valence-electron chi connectivity index (χ1n) is 18.4. The van der Waals surface area contributed by atoms with Crippen LogP contribution in [0.1, 0.15) is 11.8 Å². The zero-order valence-corrected chi connectivity index (χ0v) is 30.1. The maximum Gasteiger partial charge on any atom is 0.198 e. The Morgan fingerprint density at radius 1 is 0.509 bits per heavy atom. The van der Waals surface area contributed by atoms with Gasteiger partial charge in [0, 0.05) is 53.6 Å². The van der Waals surface area contributed by atoms with Crippen LogP contribution in [0, 0.1) is 0 Å². The first-order valence-corrected chi connectivity index (χ1v) is 19.3. The average molecular weight is 727 g/mol. The molecule has 0 saturated heterocycles. The Kier molecular flexibility index (Phi) is 6.50. The summed E-state index contributed by atoms with van der Waals surface area (Å²) in [6.45, 7) is 0. The van der Waals surface area contributed by atoms with E-state index in [4.69, 9.17) is 13.6 Å². The zero-order chi connectivity index (χ0) is 36.0. The van der Waals surface area contributed by atoms with Crippen LogP contribution in [0.2, 0.25) is 0 Å². The van der Waals surface area contributed by atoms with E-state index < -0.39 is 0 Å². The van der Waals surface area contributed by atoms with E-state index in [1.54, 1.807) is 0 Å². The highest BCUT2D eigenvalue weighted by molar-refractivity contribution is 7.26. The van der Waals surface area contributed by atoms with Crippen LogP contribution in [0.3, 0.4) is 0 Å². The molecule has 6 heteroatoms. The van der Waals surface area contributed by atoms with E-state index in [0.29, 0.717) is 0 Å². The fourth-order valence-electron chi connectivity index (χ4n) is 8.37. The summed E-state index contributed by atoms with van der Waals surface area (Å²) in [6.07, 6.45) is -0.385. The summed E-state index contributed by atoms with van der Waals surface area (Å²) < 4.78 is 22.8. The number of ether oxygens (including phenoxy) is 1. The third-order valence-corrected chi connectivity index (χ3v) is 12.2. The van der Waals surface area contributed by atoms with Gasteiger partial charge in [-0.15, -0.1) is 11.3 Å². The molecule has 0 amide bonds. The van der Waals surface area contributed by atoms with Gasteiger partial charge in [0.2, 0.25) is 0 Å². The molecule has 55 heavy (non-hydrogen) atoms. The van der Waals surface area contributed by atoms with E-state index in [1.807, 2.05) is 41.7 Å². The third kappa shape index (κ3) is 4.65. The zero-order valence-electron chi connectivity index (χ0n) is 29.3. The molecule has 1 atom stereocenters. The molecule has 1 unspecified atom stereocenters. The van der Waals surface area contributed by atoms with Crippen molar-refractivity contribution in [1.82, 2.24) is 0 Å². The molecule has 1 aliphatic heterocycles. The van der Waals surface area contributed by atoms with Gasteiger partial charge in [-0.05, 0) is 59.7 Å². The predicted octanol–water partition coefficient (Wildman–Crippen LogP) is 14.5. The molecule has 4 heterocycles. The molecular weight excluding hydrogens is 697 g/mol. The largest absolute Gasteiger partial charge is 0.463 e. The molecule has 3 aromatic heterocycles. The van der Waals surface area contributed by atoms with Crippen molar-refractivity contribution in [2.24, 2.45) is 0 Å². The number of furan rings is 2. The molecule has 0 radical (unpaired) electrons. The highest BCUT2D eigenvalue weighted by Crippen LogP contribution is 2.54. The predicted molar refractivity (Wildman–Crippen MR) is 227 cm³/mol. The van der Waals surface area contributed by atoms with Gasteiger partial charge < -0.3 is 23.8 Å². The lowest BCUT2D eigenvalue weighted by Crippen LogP contribution is -2.11. The van der Waals surface area contributed by atoms with E-state index in [-0.39, 0.29) is 6.23 Å². The number of rotatable bonds is 5. The third-order valence-electron chi connectivity index (χ3n) is 10.9. The van der Waals surface area contributed by atoms with Crippen LogP contribution in [-0.2, 0) is 0 Å². The second-order valence-electron chi connectivity index (χ2n) is 14.1. The summed E-state index contributed by atoms with van der Waals surface area (Å²) in [7, 11) is 0. The molecule has 0 spiro atoms.